The van der Waals surface area contributed by atoms with Crippen LogP contribution in [0.3, 0.4) is 0 Å². The number of aryl methyl sites for hydroxylation is 1. The standard InChI is InChI=1S/C18H18OS2/c1-13-6-3-4-7-14(13)12-18(2,19)15-9-11-21-17(15)16-8-5-10-20-16/h3-11,19H,12H2,1-2H3. The number of hydrogen-bond acceptors (Lipinski definition) is 3. The van der Waals surface area contributed by atoms with Crippen molar-refractivity contribution < 1.29 is 5.11 Å². The van der Waals surface area contributed by atoms with E-state index in [0.717, 1.165) is 5.56 Å². The van der Waals surface area contributed by atoms with Gasteiger partial charge in [0.15, 0.2) is 0 Å². The maximum atomic E-state index is 11.0. The van der Waals surface area contributed by atoms with Crippen LogP contribution in [0, 0.1) is 6.92 Å². The molecule has 1 unspecified atom stereocenters. The van der Waals surface area contributed by atoms with Gasteiger partial charge in [-0.15, -0.1) is 22.7 Å². The van der Waals surface area contributed by atoms with Crippen LogP contribution in [-0.4, -0.2) is 5.11 Å². The van der Waals surface area contributed by atoms with Gasteiger partial charge in [0.2, 0.25) is 0 Å². The molecule has 1 atom stereocenters. The predicted molar refractivity (Wildman–Crippen MR) is 92.1 cm³/mol. The molecule has 0 aliphatic heterocycles. The second kappa shape index (κ2) is 5.76. The quantitative estimate of drug-likeness (QED) is 0.698. The van der Waals surface area contributed by atoms with Crippen molar-refractivity contribution in [2.24, 2.45) is 0 Å². The molecular formula is C18H18OS2. The minimum Gasteiger partial charge on any atom is -0.385 e. The molecule has 3 aromatic rings. The second-order valence-corrected chi connectivity index (χ2v) is 7.38. The van der Waals surface area contributed by atoms with Crippen LogP contribution in [0.2, 0.25) is 0 Å². The Morgan fingerprint density at radius 3 is 2.52 bits per heavy atom. The third-order valence-electron chi connectivity index (χ3n) is 3.79. The SMILES string of the molecule is Cc1ccccc1CC(C)(O)c1ccsc1-c1cccs1. The van der Waals surface area contributed by atoms with E-state index in [1.165, 1.54) is 20.9 Å². The Morgan fingerprint density at radius 2 is 1.81 bits per heavy atom. The van der Waals surface area contributed by atoms with Gasteiger partial charge in [-0.3, -0.25) is 0 Å². The Bertz CT molecular complexity index is 723. The van der Waals surface area contributed by atoms with Gasteiger partial charge in [-0.25, -0.2) is 0 Å². The molecule has 2 aromatic heterocycles. The maximum absolute atomic E-state index is 11.0. The van der Waals surface area contributed by atoms with Crippen molar-refractivity contribution in [1.29, 1.82) is 0 Å². The highest BCUT2D eigenvalue weighted by Crippen LogP contribution is 2.40. The van der Waals surface area contributed by atoms with E-state index in [9.17, 15) is 5.11 Å². The summed E-state index contributed by atoms with van der Waals surface area (Å²) >= 11 is 3.42. The Labute approximate surface area is 133 Å². The summed E-state index contributed by atoms with van der Waals surface area (Å²) in [6, 6.07) is 14.5. The van der Waals surface area contributed by atoms with Gasteiger partial charge in [-0.05, 0) is 47.9 Å². The normalized spacial score (nSPS) is 14.0. The number of benzene rings is 1. The molecule has 108 valence electrons. The third-order valence-corrected chi connectivity index (χ3v) is 5.75. The summed E-state index contributed by atoms with van der Waals surface area (Å²) in [5.74, 6) is 0. The van der Waals surface area contributed by atoms with Crippen LogP contribution < -0.4 is 0 Å². The molecule has 1 N–H and O–H groups in total. The average Bonchev–Trinajstić information content (AvgIpc) is 3.11. The zero-order valence-electron chi connectivity index (χ0n) is 12.2. The minimum atomic E-state index is -0.856. The van der Waals surface area contributed by atoms with Gasteiger partial charge in [0.05, 0.1) is 10.5 Å². The van der Waals surface area contributed by atoms with E-state index in [1.807, 2.05) is 19.1 Å². The van der Waals surface area contributed by atoms with Crippen LogP contribution >= 0.6 is 22.7 Å². The van der Waals surface area contributed by atoms with Gasteiger partial charge in [0.25, 0.3) is 0 Å². The molecule has 0 aliphatic carbocycles. The monoisotopic (exact) mass is 314 g/mol. The first-order chi connectivity index (χ1) is 10.1. The molecule has 0 fully saturated rings. The van der Waals surface area contributed by atoms with Crippen molar-refractivity contribution in [2.75, 3.05) is 0 Å². The highest BCUT2D eigenvalue weighted by atomic mass is 32.1. The van der Waals surface area contributed by atoms with Gasteiger partial charge >= 0.3 is 0 Å². The topological polar surface area (TPSA) is 20.2 Å². The van der Waals surface area contributed by atoms with E-state index in [0.29, 0.717) is 6.42 Å². The largest absolute Gasteiger partial charge is 0.385 e. The molecule has 0 spiro atoms. The number of hydrogen-bond donors (Lipinski definition) is 1. The minimum absolute atomic E-state index is 0.634. The lowest BCUT2D eigenvalue weighted by Gasteiger charge is -2.25. The van der Waals surface area contributed by atoms with Crippen molar-refractivity contribution in [2.45, 2.75) is 25.9 Å². The highest BCUT2D eigenvalue weighted by molar-refractivity contribution is 7.20. The molecule has 3 rings (SSSR count). The lowest BCUT2D eigenvalue weighted by Crippen LogP contribution is -2.24. The molecule has 0 radical (unpaired) electrons. The smallest absolute Gasteiger partial charge is 0.0923 e. The van der Waals surface area contributed by atoms with Crippen LogP contribution in [0.5, 0.6) is 0 Å². The van der Waals surface area contributed by atoms with Gasteiger partial charge in [-0.1, -0.05) is 30.3 Å². The van der Waals surface area contributed by atoms with Crippen molar-refractivity contribution >= 4 is 22.7 Å². The van der Waals surface area contributed by atoms with E-state index >= 15 is 0 Å². The van der Waals surface area contributed by atoms with Crippen LogP contribution in [0.1, 0.15) is 23.6 Å². The molecule has 1 aromatic carbocycles. The van der Waals surface area contributed by atoms with Gasteiger partial charge < -0.3 is 5.11 Å². The molecule has 0 saturated heterocycles. The fourth-order valence-corrected chi connectivity index (χ4v) is 4.51. The lowest BCUT2D eigenvalue weighted by atomic mass is 9.87. The summed E-state index contributed by atoms with van der Waals surface area (Å²) < 4.78 is 0. The first-order valence-corrected chi connectivity index (χ1v) is 8.72. The Kier molecular flexibility index (Phi) is 3.98. The van der Waals surface area contributed by atoms with Crippen molar-refractivity contribution in [3.05, 3.63) is 69.9 Å². The van der Waals surface area contributed by atoms with Gasteiger partial charge in [-0.2, -0.15) is 0 Å². The first-order valence-electron chi connectivity index (χ1n) is 6.97. The molecule has 21 heavy (non-hydrogen) atoms. The van der Waals surface area contributed by atoms with E-state index in [2.05, 4.69) is 48.0 Å². The molecule has 0 saturated carbocycles. The summed E-state index contributed by atoms with van der Waals surface area (Å²) in [6.07, 6.45) is 0.634. The summed E-state index contributed by atoms with van der Waals surface area (Å²) in [4.78, 5) is 2.41. The van der Waals surface area contributed by atoms with Gasteiger partial charge in [0.1, 0.15) is 0 Å². The predicted octanol–water partition coefficient (Wildman–Crippen LogP) is 5.24. The number of thiophene rings is 2. The highest BCUT2D eigenvalue weighted by Gasteiger charge is 2.28. The van der Waals surface area contributed by atoms with Crippen molar-refractivity contribution in [3.8, 4) is 9.75 Å². The molecule has 0 amide bonds. The Morgan fingerprint density at radius 1 is 1.00 bits per heavy atom. The lowest BCUT2D eigenvalue weighted by molar-refractivity contribution is 0.0585. The van der Waals surface area contributed by atoms with Crippen LogP contribution in [-0.2, 0) is 12.0 Å². The Hall–Kier alpha value is -1.42. The number of aliphatic hydroxyl groups is 1. The van der Waals surface area contributed by atoms with Gasteiger partial charge in [0, 0.05) is 16.9 Å². The molecule has 1 nitrogen and oxygen atoms in total. The summed E-state index contributed by atoms with van der Waals surface area (Å²) in [5, 5.41) is 15.2. The van der Waals surface area contributed by atoms with Crippen LogP contribution in [0.25, 0.3) is 9.75 Å². The zero-order chi connectivity index (χ0) is 14.9. The second-order valence-electron chi connectivity index (χ2n) is 5.52. The summed E-state index contributed by atoms with van der Waals surface area (Å²) in [5.41, 5.74) is 2.60. The third kappa shape index (κ3) is 2.95. The molecule has 0 aliphatic rings. The van der Waals surface area contributed by atoms with E-state index in [4.69, 9.17) is 0 Å². The van der Waals surface area contributed by atoms with E-state index < -0.39 is 5.60 Å². The van der Waals surface area contributed by atoms with Crippen molar-refractivity contribution in [1.82, 2.24) is 0 Å². The van der Waals surface area contributed by atoms with E-state index in [1.54, 1.807) is 22.7 Å². The molecule has 3 heteroatoms. The zero-order valence-corrected chi connectivity index (χ0v) is 13.8. The molecule has 2 heterocycles. The summed E-state index contributed by atoms with van der Waals surface area (Å²) in [6.45, 7) is 4.01. The van der Waals surface area contributed by atoms with Crippen LogP contribution in [0.15, 0.2) is 53.2 Å². The van der Waals surface area contributed by atoms with Crippen molar-refractivity contribution in [3.63, 3.8) is 0 Å². The fraction of sp³-hybridized carbons (Fsp3) is 0.222. The fourth-order valence-electron chi connectivity index (χ4n) is 2.61. The first kappa shape index (κ1) is 14.5. The maximum Gasteiger partial charge on any atom is 0.0923 e. The van der Waals surface area contributed by atoms with E-state index in [-0.39, 0.29) is 0 Å². The number of rotatable bonds is 4. The average molecular weight is 314 g/mol. The Balaban J connectivity index is 1.96. The summed E-state index contributed by atoms with van der Waals surface area (Å²) in [7, 11) is 0. The molecule has 0 bridgehead atoms. The molecular weight excluding hydrogens is 296 g/mol. The van der Waals surface area contributed by atoms with Crippen LogP contribution in [0.4, 0.5) is 0 Å².